The van der Waals surface area contributed by atoms with E-state index in [4.69, 9.17) is 4.74 Å². The minimum atomic E-state index is 0.508. The van der Waals surface area contributed by atoms with Gasteiger partial charge in [-0.3, -0.25) is 0 Å². The van der Waals surface area contributed by atoms with Crippen LogP contribution in [0.2, 0.25) is 0 Å². The highest BCUT2D eigenvalue weighted by Gasteiger charge is 2.22. The molecule has 3 heteroatoms. The van der Waals surface area contributed by atoms with Gasteiger partial charge in [0, 0.05) is 12.6 Å². The molecule has 0 aromatic rings. The van der Waals surface area contributed by atoms with Crippen LogP contribution in [0.15, 0.2) is 0 Å². The molecule has 2 atom stereocenters. The lowest BCUT2D eigenvalue weighted by Crippen LogP contribution is -2.41. The normalized spacial score (nSPS) is 32.8. The largest absolute Gasteiger partial charge is 0.378 e. The molecular formula is C13H25NOS. The number of thioether (sulfide) groups is 1. The minimum Gasteiger partial charge on any atom is -0.378 e. The maximum absolute atomic E-state index is 5.71. The molecule has 0 aromatic carbocycles. The fourth-order valence-electron chi connectivity index (χ4n) is 2.63. The number of rotatable bonds is 4. The van der Waals surface area contributed by atoms with Crippen molar-refractivity contribution < 1.29 is 4.74 Å². The maximum Gasteiger partial charge on any atom is 0.0587 e. The van der Waals surface area contributed by atoms with Crippen LogP contribution in [0.3, 0.4) is 0 Å². The highest BCUT2D eigenvalue weighted by molar-refractivity contribution is 7.99. The van der Waals surface area contributed by atoms with Gasteiger partial charge in [0.05, 0.1) is 6.10 Å². The molecule has 1 N–H and O–H groups in total. The Balaban J connectivity index is 1.64. The second-order valence-electron chi connectivity index (χ2n) is 5.09. The summed E-state index contributed by atoms with van der Waals surface area (Å²) in [6, 6.07) is 0.716. The van der Waals surface area contributed by atoms with Gasteiger partial charge in [0.1, 0.15) is 0 Å². The lowest BCUT2D eigenvalue weighted by Gasteiger charge is -2.31. The topological polar surface area (TPSA) is 21.3 Å². The van der Waals surface area contributed by atoms with Crippen molar-refractivity contribution in [3.8, 4) is 0 Å². The zero-order valence-electron chi connectivity index (χ0n) is 10.4. The molecule has 0 radical (unpaired) electrons. The monoisotopic (exact) mass is 243 g/mol. The summed E-state index contributed by atoms with van der Waals surface area (Å²) in [6.45, 7) is 4.42. The summed E-state index contributed by atoms with van der Waals surface area (Å²) in [5.74, 6) is 3.68. The maximum atomic E-state index is 5.71. The molecule has 0 saturated carbocycles. The van der Waals surface area contributed by atoms with Gasteiger partial charge < -0.3 is 10.1 Å². The van der Waals surface area contributed by atoms with E-state index in [0.29, 0.717) is 12.1 Å². The number of ether oxygens (including phenoxy) is 1. The molecule has 2 nitrogen and oxygen atoms in total. The zero-order valence-corrected chi connectivity index (χ0v) is 11.2. The second kappa shape index (κ2) is 6.87. The standard InChI is InChI=1S/C13H25NOS/c1-2-13-9-12(3-6-15-13)14-10-11-4-7-16-8-5-11/h11-14H,2-10H2,1H3. The van der Waals surface area contributed by atoms with Crippen molar-refractivity contribution in [3.63, 3.8) is 0 Å². The molecule has 0 aliphatic carbocycles. The van der Waals surface area contributed by atoms with E-state index < -0.39 is 0 Å². The van der Waals surface area contributed by atoms with E-state index in [0.717, 1.165) is 18.9 Å². The molecule has 0 amide bonds. The number of hydrogen-bond acceptors (Lipinski definition) is 3. The van der Waals surface area contributed by atoms with E-state index in [1.54, 1.807) is 0 Å². The average molecular weight is 243 g/mol. The van der Waals surface area contributed by atoms with Gasteiger partial charge in [-0.15, -0.1) is 0 Å². The van der Waals surface area contributed by atoms with Crippen molar-refractivity contribution in [1.82, 2.24) is 5.32 Å². The fourth-order valence-corrected chi connectivity index (χ4v) is 3.84. The molecule has 2 heterocycles. The van der Waals surface area contributed by atoms with Gasteiger partial charge in [-0.2, -0.15) is 11.8 Å². The molecule has 2 aliphatic heterocycles. The second-order valence-corrected chi connectivity index (χ2v) is 6.31. The summed E-state index contributed by atoms with van der Waals surface area (Å²) >= 11 is 2.12. The van der Waals surface area contributed by atoms with E-state index in [9.17, 15) is 0 Å². The predicted molar refractivity (Wildman–Crippen MR) is 71.1 cm³/mol. The quantitative estimate of drug-likeness (QED) is 0.820. The lowest BCUT2D eigenvalue weighted by atomic mass is 9.99. The van der Waals surface area contributed by atoms with Gasteiger partial charge in [-0.1, -0.05) is 6.92 Å². The lowest BCUT2D eigenvalue weighted by molar-refractivity contribution is -0.000636. The van der Waals surface area contributed by atoms with Crippen LogP contribution >= 0.6 is 11.8 Å². The van der Waals surface area contributed by atoms with E-state index in [2.05, 4.69) is 24.0 Å². The summed E-state index contributed by atoms with van der Waals surface area (Å²) < 4.78 is 5.71. The van der Waals surface area contributed by atoms with E-state index >= 15 is 0 Å². The van der Waals surface area contributed by atoms with Crippen molar-refractivity contribution in [2.24, 2.45) is 5.92 Å². The third-order valence-corrected chi connectivity index (χ3v) is 4.91. The highest BCUT2D eigenvalue weighted by Crippen LogP contribution is 2.23. The first-order chi connectivity index (χ1) is 7.88. The van der Waals surface area contributed by atoms with Gasteiger partial charge in [-0.05, 0) is 56.1 Å². The fraction of sp³-hybridized carbons (Fsp3) is 1.00. The zero-order chi connectivity index (χ0) is 11.2. The van der Waals surface area contributed by atoms with E-state index in [1.807, 2.05) is 0 Å². The Bertz CT molecular complexity index is 194. The third kappa shape index (κ3) is 3.94. The van der Waals surface area contributed by atoms with Crippen LogP contribution in [0.5, 0.6) is 0 Å². The number of hydrogen-bond donors (Lipinski definition) is 1. The minimum absolute atomic E-state index is 0.508. The SMILES string of the molecule is CCC1CC(NCC2CCSCC2)CCO1. The van der Waals surface area contributed by atoms with Crippen LogP contribution < -0.4 is 5.32 Å². The molecule has 2 saturated heterocycles. The average Bonchev–Trinajstić information content (AvgIpc) is 2.38. The van der Waals surface area contributed by atoms with Crippen LogP contribution in [0.1, 0.15) is 39.0 Å². The smallest absolute Gasteiger partial charge is 0.0587 e. The van der Waals surface area contributed by atoms with Crippen molar-refractivity contribution in [2.75, 3.05) is 24.7 Å². The molecule has 0 spiro atoms. The number of nitrogens with one attached hydrogen (secondary N) is 1. The van der Waals surface area contributed by atoms with Crippen molar-refractivity contribution in [1.29, 1.82) is 0 Å². The van der Waals surface area contributed by atoms with Crippen LogP contribution in [0.25, 0.3) is 0 Å². The molecule has 94 valence electrons. The Labute approximate surface area is 104 Å². The van der Waals surface area contributed by atoms with Gasteiger partial charge in [0.15, 0.2) is 0 Å². The van der Waals surface area contributed by atoms with E-state index in [1.165, 1.54) is 43.7 Å². The van der Waals surface area contributed by atoms with Gasteiger partial charge in [-0.25, -0.2) is 0 Å². The third-order valence-electron chi connectivity index (χ3n) is 3.86. The first kappa shape index (κ1) is 12.7. The molecule has 0 aromatic heterocycles. The van der Waals surface area contributed by atoms with Gasteiger partial charge >= 0.3 is 0 Å². The first-order valence-electron chi connectivity index (χ1n) is 6.81. The van der Waals surface area contributed by atoms with Crippen LogP contribution in [-0.2, 0) is 4.74 Å². The Kier molecular flexibility index (Phi) is 5.46. The van der Waals surface area contributed by atoms with E-state index in [-0.39, 0.29) is 0 Å². The molecule has 0 bridgehead atoms. The molecule has 2 rings (SSSR count). The summed E-state index contributed by atoms with van der Waals surface area (Å²) in [4.78, 5) is 0. The Morgan fingerprint density at radius 2 is 2.06 bits per heavy atom. The molecule has 16 heavy (non-hydrogen) atoms. The van der Waals surface area contributed by atoms with Crippen LogP contribution in [0, 0.1) is 5.92 Å². The first-order valence-corrected chi connectivity index (χ1v) is 7.96. The summed E-state index contributed by atoms with van der Waals surface area (Å²) in [5, 5.41) is 3.77. The van der Waals surface area contributed by atoms with Crippen molar-refractivity contribution in [2.45, 2.75) is 51.2 Å². The van der Waals surface area contributed by atoms with Crippen molar-refractivity contribution >= 4 is 11.8 Å². The Morgan fingerprint density at radius 3 is 2.81 bits per heavy atom. The molecule has 2 fully saturated rings. The van der Waals surface area contributed by atoms with Gasteiger partial charge in [0.2, 0.25) is 0 Å². The molecule has 2 unspecified atom stereocenters. The Morgan fingerprint density at radius 1 is 1.25 bits per heavy atom. The van der Waals surface area contributed by atoms with Crippen LogP contribution in [0.4, 0.5) is 0 Å². The summed E-state index contributed by atoms with van der Waals surface area (Å²) in [7, 11) is 0. The molecular weight excluding hydrogens is 218 g/mol. The van der Waals surface area contributed by atoms with Crippen LogP contribution in [-0.4, -0.2) is 36.8 Å². The predicted octanol–water partition coefficient (Wildman–Crippen LogP) is 2.68. The summed E-state index contributed by atoms with van der Waals surface area (Å²) in [6.07, 6.45) is 6.93. The Hall–Kier alpha value is 0.270. The van der Waals surface area contributed by atoms with Gasteiger partial charge in [0.25, 0.3) is 0 Å². The van der Waals surface area contributed by atoms with Crippen molar-refractivity contribution in [3.05, 3.63) is 0 Å². The highest BCUT2D eigenvalue weighted by atomic mass is 32.2. The molecule has 2 aliphatic rings. The summed E-state index contributed by atoms with van der Waals surface area (Å²) in [5.41, 5.74) is 0.